The van der Waals surface area contributed by atoms with Crippen molar-refractivity contribution in [3.8, 4) is 11.1 Å². The molecule has 0 unspecified atom stereocenters. The van der Waals surface area contributed by atoms with Gasteiger partial charge < -0.3 is 9.88 Å². The molecule has 150 valence electrons. The van der Waals surface area contributed by atoms with Crippen molar-refractivity contribution >= 4 is 22.5 Å². The molecule has 0 aliphatic heterocycles. The van der Waals surface area contributed by atoms with E-state index in [9.17, 15) is 4.79 Å². The molecule has 0 fully saturated rings. The number of hydrogen-bond acceptors (Lipinski definition) is 3. The molecular formula is C26H20N4O. The quantitative estimate of drug-likeness (QED) is 0.422. The number of para-hydroxylation sites is 1. The molecule has 0 radical (unpaired) electrons. The van der Waals surface area contributed by atoms with Crippen molar-refractivity contribution in [3.63, 3.8) is 0 Å². The van der Waals surface area contributed by atoms with Crippen molar-refractivity contribution in [2.75, 3.05) is 4.90 Å². The van der Waals surface area contributed by atoms with Gasteiger partial charge in [-0.2, -0.15) is 0 Å². The topological polar surface area (TPSA) is 61.9 Å². The van der Waals surface area contributed by atoms with Gasteiger partial charge in [0.15, 0.2) is 0 Å². The van der Waals surface area contributed by atoms with Gasteiger partial charge in [0.2, 0.25) is 0 Å². The third-order valence-corrected chi connectivity index (χ3v) is 5.23. The van der Waals surface area contributed by atoms with Crippen LogP contribution in [0.25, 0.3) is 22.0 Å². The summed E-state index contributed by atoms with van der Waals surface area (Å²) in [6.07, 6.45) is 5.00. The molecule has 1 amide bonds. The number of fused-ring (bicyclic) bond motifs is 1. The van der Waals surface area contributed by atoms with E-state index in [1.165, 1.54) is 0 Å². The average Bonchev–Trinajstić information content (AvgIpc) is 3.36. The minimum Gasteiger partial charge on any atom is -0.347 e. The van der Waals surface area contributed by atoms with Crippen LogP contribution in [0.1, 0.15) is 16.1 Å². The summed E-state index contributed by atoms with van der Waals surface area (Å²) in [7, 11) is 0. The summed E-state index contributed by atoms with van der Waals surface area (Å²) in [6.45, 7) is 0.379. The number of carbonyl (C=O) groups is 1. The van der Waals surface area contributed by atoms with Crippen LogP contribution in [0.4, 0.5) is 5.69 Å². The number of amides is 1. The first-order valence-electron chi connectivity index (χ1n) is 10.1. The van der Waals surface area contributed by atoms with Crippen LogP contribution in [0.2, 0.25) is 0 Å². The van der Waals surface area contributed by atoms with E-state index in [4.69, 9.17) is 0 Å². The Hall–Kier alpha value is -4.25. The maximum atomic E-state index is 13.6. The monoisotopic (exact) mass is 404 g/mol. The van der Waals surface area contributed by atoms with Crippen LogP contribution in [0, 0.1) is 0 Å². The van der Waals surface area contributed by atoms with Crippen LogP contribution in [-0.4, -0.2) is 20.9 Å². The number of aromatic nitrogens is 3. The Labute approximate surface area is 180 Å². The number of rotatable bonds is 5. The van der Waals surface area contributed by atoms with Crippen LogP contribution in [0.3, 0.4) is 0 Å². The number of nitrogens with one attached hydrogen (secondary N) is 1. The van der Waals surface area contributed by atoms with Gasteiger partial charge in [-0.1, -0.05) is 60.7 Å². The van der Waals surface area contributed by atoms with E-state index in [0.29, 0.717) is 12.1 Å². The molecule has 0 atom stereocenters. The number of H-pyrrole nitrogens is 1. The van der Waals surface area contributed by atoms with Crippen molar-refractivity contribution in [3.05, 3.63) is 115 Å². The Morgan fingerprint density at radius 3 is 2.48 bits per heavy atom. The van der Waals surface area contributed by atoms with Gasteiger partial charge in [-0.3, -0.25) is 9.78 Å². The van der Waals surface area contributed by atoms with Gasteiger partial charge in [0.25, 0.3) is 5.91 Å². The Bertz CT molecular complexity index is 1330. The smallest absolute Gasteiger partial charge is 0.260 e. The zero-order chi connectivity index (χ0) is 21.0. The molecule has 0 saturated carbocycles. The van der Waals surface area contributed by atoms with Gasteiger partial charge in [0, 0.05) is 23.5 Å². The van der Waals surface area contributed by atoms with E-state index in [1.807, 2.05) is 66.7 Å². The first kappa shape index (κ1) is 18.8. The number of benzene rings is 3. The third-order valence-electron chi connectivity index (χ3n) is 5.23. The molecule has 5 heteroatoms. The van der Waals surface area contributed by atoms with Crippen LogP contribution < -0.4 is 4.90 Å². The fourth-order valence-corrected chi connectivity index (χ4v) is 3.65. The number of pyridine rings is 1. The SMILES string of the molecule is O=C(c1cnc2ccccc2c1)N(Cc1cnc[nH]1)c1cccc(-c2ccccc2)c1. The standard InChI is InChI=1S/C26H20N4O/c31-26(22-13-21-9-4-5-12-25(21)28-15-22)30(17-23-16-27-18-29-23)24-11-6-10-20(14-24)19-7-2-1-3-8-19/h1-16,18H,17H2,(H,27,29). The van der Waals surface area contributed by atoms with Gasteiger partial charge in [-0.25, -0.2) is 4.98 Å². The summed E-state index contributed by atoms with van der Waals surface area (Å²) in [5.41, 5.74) is 5.23. The molecule has 31 heavy (non-hydrogen) atoms. The van der Waals surface area contributed by atoms with Gasteiger partial charge in [-0.05, 0) is 35.4 Å². The lowest BCUT2D eigenvalue weighted by Gasteiger charge is -2.23. The maximum absolute atomic E-state index is 13.6. The van der Waals surface area contributed by atoms with Gasteiger partial charge in [-0.15, -0.1) is 0 Å². The van der Waals surface area contributed by atoms with Crippen molar-refractivity contribution in [1.82, 2.24) is 15.0 Å². The molecule has 3 aromatic carbocycles. The normalized spacial score (nSPS) is 10.8. The van der Waals surface area contributed by atoms with E-state index in [-0.39, 0.29) is 5.91 Å². The number of carbonyl (C=O) groups excluding carboxylic acids is 1. The molecule has 0 bridgehead atoms. The fraction of sp³-hybridized carbons (Fsp3) is 0.0385. The molecule has 1 N–H and O–H groups in total. The van der Waals surface area contributed by atoms with E-state index in [1.54, 1.807) is 23.6 Å². The van der Waals surface area contributed by atoms with Crippen LogP contribution in [0.5, 0.6) is 0 Å². The summed E-state index contributed by atoms with van der Waals surface area (Å²) < 4.78 is 0. The van der Waals surface area contributed by atoms with Crippen molar-refractivity contribution in [1.29, 1.82) is 0 Å². The molecule has 0 saturated heterocycles. The highest BCUT2D eigenvalue weighted by atomic mass is 16.2. The highest BCUT2D eigenvalue weighted by Gasteiger charge is 2.20. The Morgan fingerprint density at radius 2 is 1.65 bits per heavy atom. The summed E-state index contributed by atoms with van der Waals surface area (Å²) in [6, 6.07) is 27.9. The number of nitrogens with zero attached hydrogens (tertiary/aromatic N) is 3. The lowest BCUT2D eigenvalue weighted by atomic mass is 10.0. The van der Waals surface area contributed by atoms with Crippen LogP contribution in [-0.2, 0) is 6.54 Å². The zero-order valence-electron chi connectivity index (χ0n) is 16.8. The molecule has 0 spiro atoms. The number of imidazole rings is 1. The summed E-state index contributed by atoms with van der Waals surface area (Å²) in [5.74, 6) is -0.113. The number of hydrogen-bond donors (Lipinski definition) is 1. The zero-order valence-corrected chi connectivity index (χ0v) is 16.8. The van der Waals surface area contributed by atoms with E-state index >= 15 is 0 Å². The molecule has 2 heterocycles. The van der Waals surface area contributed by atoms with Crippen molar-refractivity contribution < 1.29 is 4.79 Å². The summed E-state index contributed by atoms with van der Waals surface area (Å²) in [5, 5.41) is 0.938. The van der Waals surface area contributed by atoms with Crippen LogP contribution >= 0.6 is 0 Å². The number of aromatic amines is 1. The molecule has 2 aromatic heterocycles. The minimum absolute atomic E-state index is 0.113. The predicted molar refractivity (Wildman–Crippen MR) is 123 cm³/mol. The fourth-order valence-electron chi connectivity index (χ4n) is 3.65. The van der Waals surface area contributed by atoms with Crippen LogP contribution in [0.15, 0.2) is 104 Å². The second-order valence-electron chi connectivity index (χ2n) is 7.30. The minimum atomic E-state index is -0.113. The highest BCUT2D eigenvalue weighted by molar-refractivity contribution is 6.07. The van der Waals surface area contributed by atoms with Crippen molar-refractivity contribution in [2.45, 2.75) is 6.54 Å². The highest BCUT2D eigenvalue weighted by Crippen LogP contribution is 2.27. The maximum Gasteiger partial charge on any atom is 0.260 e. The first-order chi connectivity index (χ1) is 15.3. The summed E-state index contributed by atoms with van der Waals surface area (Å²) in [4.78, 5) is 27.0. The Balaban J connectivity index is 1.56. The van der Waals surface area contributed by atoms with Gasteiger partial charge in [0.1, 0.15) is 0 Å². The predicted octanol–water partition coefficient (Wildman–Crippen LogP) is 5.47. The van der Waals surface area contributed by atoms with E-state index in [0.717, 1.165) is 33.4 Å². The molecular weight excluding hydrogens is 384 g/mol. The Morgan fingerprint density at radius 1 is 0.839 bits per heavy atom. The van der Waals surface area contributed by atoms with Gasteiger partial charge >= 0.3 is 0 Å². The second-order valence-corrected chi connectivity index (χ2v) is 7.30. The average molecular weight is 404 g/mol. The molecule has 0 aliphatic carbocycles. The van der Waals surface area contributed by atoms with Gasteiger partial charge in [0.05, 0.1) is 29.6 Å². The lowest BCUT2D eigenvalue weighted by Crippen LogP contribution is -2.30. The molecule has 5 rings (SSSR count). The van der Waals surface area contributed by atoms with E-state index in [2.05, 4.69) is 33.2 Å². The largest absolute Gasteiger partial charge is 0.347 e. The molecule has 5 aromatic rings. The second kappa shape index (κ2) is 8.24. The summed E-state index contributed by atoms with van der Waals surface area (Å²) >= 11 is 0. The molecule has 0 aliphatic rings. The molecule has 5 nitrogen and oxygen atoms in total. The Kier molecular flexibility index (Phi) is 4.99. The first-order valence-corrected chi connectivity index (χ1v) is 10.1. The van der Waals surface area contributed by atoms with Crippen molar-refractivity contribution in [2.24, 2.45) is 0 Å². The number of anilines is 1. The third kappa shape index (κ3) is 3.94. The lowest BCUT2D eigenvalue weighted by molar-refractivity contribution is 0.0984. The van der Waals surface area contributed by atoms with E-state index < -0.39 is 0 Å².